The lowest BCUT2D eigenvalue weighted by Crippen LogP contribution is -1.84. The van der Waals surface area contributed by atoms with Crippen molar-refractivity contribution in [2.45, 2.75) is 9.79 Å². The van der Waals surface area contributed by atoms with E-state index in [-0.39, 0.29) is 0 Å². The Morgan fingerprint density at radius 2 is 2.00 bits per heavy atom. The van der Waals surface area contributed by atoms with Crippen LogP contribution in [0.2, 0.25) is 5.02 Å². The van der Waals surface area contributed by atoms with E-state index in [1.54, 1.807) is 29.6 Å². The first-order chi connectivity index (χ1) is 8.15. The van der Waals surface area contributed by atoms with Gasteiger partial charge in [-0.05, 0) is 24.6 Å². The topological polar surface area (TPSA) is 52.0 Å². The zero-order valence-electron chi connectivity index (χ0n) is 9.36. The smallest absolute Gasteiger partial charge is 0.222 e. The van der Waals surface area contributed by atoms with Crippen LogP contribution in [0, 0.1) is 0 Å². The molecule has 0 aliphatic heterocycles. The lowest BCUT2D eigenvalue weighted by molar-refractivity contribution is 0.439. The van der Waals surface area contributed by atoms with Gasteiger partial charge in [0.2, 0.25) is 5.88 Å². The van der Waals surface area contributed by atoms with E-state index in [0.29, 0.717) is 11.6 Å². The highest BCUT2D eigenvalue weighted by Crippen LogP contribution is 2.38. The molecule has 2 rings (SSSR count). The Labute approximate surface area is 113 Å². The SMILES string of the molecule is CSc1cc(-c2cc(N)on2)cc(Cl)c1SC. The summed E-state index contributed by atoms with van der Waals surface area (Å²) < 4.78 is 4.86. The lowest BCUT2D eigenvalue weighted by Gasteiger charge is -2.08. The molecule has 0 radical (unpaired) electrons. The van der Waals surface area contributed by atoms with Crippen molar-refractivity contribution in [2.75, 3.05) is 18.2 Å². The van der Waals surface area contributed by atoms with E-state index in [1.165, 1.54) is 0 Å². The summed E-state index contributed by atoms with van der Waals surface area (Å²) in [5.41, 5.74) is 7.12. The van der Waals surface area contributed by atoms with Crippen molar-refractivity contribution in [3.05, 3.63) is 23.2 Å². The minimum atomic E-state index is 0.302. The van der Waals surface area contributed by atoms with E-state index in [9.17, 15) is 0 Å². The van der Waals surface area contributed by atoms with Crippen molar-refractivity contribution in [1.82, 2.24) is 5.16 Å². The molecular weight excluding hydrogens is 276 g/mol. The number of rotatable bonds is 3. The minimum absolute atomic E-state index is 0.302. The van der Waals surface area contributed by atoms with E-state index in [4.69, 9.17) is 21.9 Å². The summed E-state index contributed by atoms with van der Waals surface area (Å²) in [4.78, 5) is 2.21. The third kappa shape index (κ3) is 2.56. The number of nitrogens with zero attached hydrogens (tertiary/aromatic N) is 1. The molecule has 6 heteroatoms. The van der Waals surface area contributed by atoms with Gasteiger partial charge in [-0.2, -0.15) is 0 Å². The largest absolute Gasteiger partial charge is 0.368 e. The number of halogens is 1. The number of thioether (sulfide) groups is 2. The monoisotopic (exact) mass is 286 g/mol. The van der Waals surface area contributed by atoms with Crippen LogP contribution in [0.15, 0.2) is 32.5 Å². The molecule has 0 atom stereocenters. The Kier molecular flexibility index (Phi) is 3.91. The van der Waals surface area contributed by atoms with Crippen molar-refractivity contribution in [1.29, 1.82) is 0 Å². The first-order valence-corrected chi connectivity index (χ1v) is 7.62. The molecule has 1 aromatic heterocycles. The molecule has 2 aromatic rings. The van der Waals surface area contributed by atoms with Crippen LogP contribution in [-0.2, 0) is 0 Å². The highest BCUT2D eigenvalue weighted by Gasteiger charge is 2.12. The summed E-state index contributed by atoms with van der Waals surface area (Å²) in [6.45, 7) is 0. The van der Waals surface area contributed by atoms with E-state index in [2.05, 4.69) is 5.16 Å². The quantitative estimate of drug-likeness (QED) is 0.864. The molecule has 2 N–H and O–H groups in total. The molecule has 0 unspecified atom stereocenters. The molecule has 0 bridgehead atoms. The van der Waals surface area contributed by atoms with Crippen LogP contribution < -0.4 is 5.73 Å². The van der Waals surface area contributed by atoms with Crippen molar-refractivity contribution >= 4 is 41.0 Å². The van der Waals surface area contributed by atoms with Crippen LogP contribution in [0.3, 0.4) is 0 Å². The molecule has 0 fully saturated rings. The standard InChI is InChI=1S/C11H11ClN2OS2/c1-16-9-4-6(3-7(12)11(9)17-2)8-5-10(13)15-14-8/h3-5H,13H2,1-2H3. The average Bonchev–Trinajstić information content (AvgIpc) is 2.74. The maximum Gasteiger partial charge on any atom is 0.222 e. The van der Waals surface area contributed by atoms with Crippen LogP contribution in [0.1, 0.15) is 0 Å². The zero-order valence-corrected chi connectivity index (χ0v) is 11.7. The van der Waals surface area contributed by atoms with Gasteiger partial charge in [-0.15, -0.1) is 23.5 Å². The predicted octanol–water partition coefficient (Wildman–Crippen LogP) is 4.02. The van der Waals surface area contributed by atoms with Crippen LogP contribution >= 0.6 is 35.1 Å². The molecular formula is C11H11ClN2OS2. The molecule has 17 heavy (non-hydrogen) atoms. The molecule has 90 valence electrons. The lowest BCUT2D eigenvalue weighted by atomic mass is 10.1. The Balaban J connectivity index is 2.53. The first-order valence-electron chi connectivity index (χ1n) is 4.79. The fourth-order valence-corrected chi connectivity index (χ4v) is 3.55. The number of aromatic nitrogens is 1. The van der Waals surface area contributed by atoms with Gasteiger partial charge in [0.1, 0.15) is 5.69 Å². The van der Waals surface area contributed by atoms with Gasteiger partial charge in [0.25, 0.3) is 0 Å². The second kappa shape index (κ2) is 5.25. The van der Waals surface area contributed by atoms with Crippen molar-refractivity contribution in [3.63, 3.8) is 0 Å². The fraction of sp³-hybridized carbons (Fsp3) is 0.182. The normalized spacial score (nSPS) is 10.8. The van der Waals surface area contributed by atoms with Crippen LogP contribution in [0.25, 0.3) is 11.3 Å². The number of nitrogens with two attached hydrogens (primary N) is 1. The Hall–Kier alpha value is -0.780. The van der Waals surface area contributed by atoms with Gasteiger partial charge in [-0.1, -0.05) is 16.8 Å². The molecule has 0 amide bonds. The van der Waals surface area contributed by atoms with Crippen LogP contribution in [0.4, 0.5) is 5.88 Å². The Bertz CT molecular complexity index is 542. The molecule has 1 heterocycles. The number of hydrogen-bond donors (Lipinski definition) is 1. The van der Waals surface area contributed by atoms with Gasteiger partial charge < -0.3 is 10.3 Å². The Morgan fingerprint density at radius 3 is 2.53 bits per heavy atom. The first kappa shape index (κ1) is 12.7. The van der Waals surface area contributed by atoms with Gasteiger partial charge in [0.05, 0.1) is 5.02 Å². The predicted molar refractivity (Wildman–Crippen MR) is 74.9 cm³/mol. The fourth-order valence-electron chi connectivity index (χ4n) is 1.49. The zero-order chi connectivity index (χ0) is 12.4. The van der Waals surface area contributed by atoms with Gasteiger partial charge in [-0.3, -0.25) is 0 Å². The second-order valence-corrected chi connectivity index (χ2v) is 5.38. The highest BCUT2D eigenvalue weighted by molar-refractivity contribution is 8.01. The van der Waals surface area contributed by atoms with E-state index in [0.717, 1.165) is 20.4 Å². The summed E-state index contributed by atoms with van der Waals surface area (Å²) in [6, 6.07) is 5.61. The van der Waals surface area contributed by atoms with Crippen molar-refractivity contribution in [2.24, 2.45) is 0 Å². The van der Waals surface area contributed by atoms with E-state index < -0.39 is 0 Å². The molecule has 0 saturated heterocycles. The van der Waals surface area contributed by atoms with Crippen LogP contribution in [-0.4, -0.2) is 17.7 Å². The minimum Gasteiger partial charge on any atom is -0.368 e. The molecule has 1 aromatic carbocycles. The Morgan fingerprint density at radius 1 is 1.24 bits per heavy atom. The van der Waals surface area contributed by atoms with Gasteiger partial charge in [-0.25, -0.2) is 0 Å². The summed E-state index contributed by atoms with van der Waals surface area (Å²) in [6.07, 6.45) is 4.03. The summed E-state index contributed by atoms with van der Waals surface area (Å²) in [5, 5.41) is 4.61. The number of benzene rings is 1. The summed E-state index contributed by atoms with van der Waals surface area (Å²) in [5.74, 6) is 0.302. The van der Waals surface area contributed by atoms with Gasteiger partial charge in [0.15, 0.2) is 0 Å². The summed E-state index contributed by atoms with van der Waals surface area (Å²) >= 11 is 9.54. The highest BCUT2D eigenvalue weighted by atomic mass is 35.5. The third-order valence-corrected chi connectivity index (χ3v) is 4.41. The third-order valence-electron chi connectivity index (χ3n) is 2.26. The van der Waals surface area contributed by atoms with E-state index in [1.807, 2.05) is 24.6 Å². The van der Waals surface area contributed by atoms with Gasteiger partial charge in [0, 0.05) is 21.4 Å². The average molecular weight is 287 g/mol. The number of hydrogen-bond acceptors (Lipinski definition) is 5. The van der Waals surface area contributed by atoms with Crippen LogP contribution in [0.5, 0.6) is 0 Å². The van der Waals surface area contributed by atoms with Crippen molar-refractivity contribution < 1.29 is 4.52 Å². The van der Waals surface area contributed by atoms with Crippen molar-refractivity contribution in [3.8, 4) is 11.3 Å². The maximum atomic E-state index is 6.25. The molecule has 3 nitrogen and oxygen atoms in total. The number of nitrogen functional groups attached to an aromatic ring is 1. The van der Waals surface area contributed by atoms with E-state index >= 15 is 0 Å². The molecule has 0 saturated carbocycles. The molecule has 0 aliphatic rings. The van der Waals surface area contributed by atoms with Gasteiger partial charge >= 0.3 is 0 Å². The molecule has 0 spiro atoms. The molecule has 0 aliphatic carbocycles. The maximum absolute atomic E-state index is 6.25. The summed E-state index contributed by atoms with van der Waals surface area (Å²) in [7, 11) is 0. The second-order valence-electron chi connectivity index (χ2n) is 3.31. The number of anilines is 1.